The van der Waals surface area contributed by atoms with Crippen molar-refractivity contribution in [3.8, 4) is 0 Å². The van der Waals surface area contributed by atoms with E-state index in [1.807, 2.05) is 22.6 Å². The molecule has 0 bridgehead atoms. The van der Waals surface area contributed by atoms with E-state index in [2.05, 4.69) is 30.9 Å². The van der Waals surface area contributed by atoms with Gasteiger partial charge in [0.25, 0.3) is 5.91 Å². The minimum absolute atomic E-state index is 0.0517. The Bertz CT molecular complexity index is 751. The summed E-state index contributed by atoms with van der Waals surface area (Å²) in [6.07, 6.45) is 3.92. The standard InChI is InChI=1S/C18H27N5O/c1-11(2)23-17-15(10-20-23)14(8-13(4)21-17)18(24)22-7-5-6-12(3)16(22)9-19/h8,10-12,16H,5-7,9,19H2,1-4H3. The van der Waals surface area contributed by atoms with E-state index >= 15 is 0 Å². The quantitative estimate of drug-likeness (QED) is 0.938. The van der Waals surface area contributed by atoms with Crippen molar-refractivity contribution in [2.75, 3.05) is 13.1 Å². The van der Waals surface area contributed by atoms with Gasteiger partial charge in [0.1, 0.15) is 0 Å². The van der Waals surface area contributed by atoms with E-state index in [-0.39, 0.29) is 18.0 Å². The Morgan fingerprint density at radius 2 is 2.21 bits per heavy atom. The highest BCUT2D eigenvalue weighted by Crippen LogP contribution is 2.27. The first-order valence-corrected chi connectivity index (χ1v) is 8.80. The van der Waals surface area contributed by atoms with Gasteiger partial charge in [-0.15, -0.1) is 0 Å². The van der Waals surface area contributed by atoms with Gasteiger partial charge >= 0.3 is 0 Å². The molecule has 2 atom stereocenters. The van der Waals surface area contributed by atoms with Crippen molar-refractivity contribution in [2.45, 2.75) is 52.6 Å². The van der Waals surface area contributed by atoms with Crippen molar-refractivity contribution < 1.29 is 4.79 Å². The maximum Gasteiger partial charge on any atom is 0.255 e. The van der Waals surface area contributed by atoms with Crippen molar-refractivity contribution in [1.82, 2.24) is 19.7 Å². The number of likely N-dealkylation sites (tertiary alicyclic amines) is 1. The summed E-state index contributed by atoms with van der Waals surface area (Å²) in [4.78, 5) is 19.8. The van der Waals surface area contributed by atoms with E-state index in [1.165, 1.54) is 0 Å². The molecule has 1 aliphatic heterocycles. The van der Waals surface area contributed by atoms with Crippen LogP contribution >= 0.6 is 0 Å². The van der Waals surface area contributed by atoms with Crippen LogP contribution in [0.5, 0.6) is 0 Å². The molecule has 0 saturated carbocycles. The molecular formula is C18H27N5O. The summed E-state index contributed by atoms with van der Waals surface area (Å²) in [7, 11) is 0. The Balaban J connectivity index is 2.06. The van der Waals surface area contributed by atoms with Crippen LogP contribution in [-0.2, 0) is 0 Å². The Morgan fingerprint density at radius 3 is 2.88 bits per heavy atom. The average molecular weight is 329 g/mol. The van der Waals surface area contributed by atoms with Crippen LogP contribution in [0.15, 0.2) is 12.3 Å². The number of nitrogens with zero attached hydrogens (tertiary/aromatic N) is 4. The fourth-order valence-electron chi connectivity index (χ4n) is 3.71. The number of carbonyl (C=O) groups excluding carboxylic acids is 1. The number of piperidine rings is 1. The third-order valence-corrected chi connectivity index (χ3v) is 5.03. The highest BCUT2D eigenvalue weighted by molar-refractivity contribution is 6.05. The maximum absolute atomic E-state index is 13.3. The Labute approximate surface area is 143 Å². The summed E-state index contributed by atoms with van der Waals surface area (Å²) in [6, 6.07) is 2.19. The highest BCUT2D eigenvalue weighted by atomic mass is 16.2. The third kappa shape index (κ3) is 2.79. The fraction of sp³-hybridized carbons (Fsp3) is 0.611. The van der Waals surface area contributed by atoms with Crippen molar-refractivity contribution in [2.24, 2.45) is 11.7 Å². The maximum atomic E-state index is 13.3. The van der Waals surface area contributed by atoms with Gasteiger partial charge in [-0.05, 0) is 45.6 Å². The zero-order valence-electron chi connectivity index (χ0n) is 15.0. The van der Waals surface area contributed by atoms with Gasteiger partial charge in [0, 0.05) is 30.9 Å². The predicted octanol–water partition coefficient (Wildman–Crippen LogP) is 2.52. The van der Waals surface area contributed by atoms with Crippen molar-refractivity contribution in [3.63, 3.8) is 0 Å². The van der Waals surface area contributed by atoms with Crippen LogP contribution in [0.1, 0.15) is 55.7 Å². The number of hydrogen-bond acceptors (Lipinski definition) is 4. The predicted molar refractivity (Wildman–Crippen MR) is 94.9 cm³/mol. The van der Waals surface area contributed by atoms with Gasteiger partial charge < -0.3 is 10.6 Å². The van der Waals surface area contributed by atoms with Gasteiger partial charge in [-0.2, -0.15) is 5.10 Å². The lowest BCUT2D eigenvalue weighted by molar-refractivity contribution is 0.0534. The molecule has 1 aliphatic rings. The molecule has 0 radical (unpaired) electrons. The largest absolute Gasteiger partial charge is 0.334 e. The smallest absolute Gasteiger partial charge is 0.255 e. The molecule has 0 spiro atoms. The molecule has 3 rings (SSSR count). The van der Waals surface area contributed by atoms with E-state index in [4.69, 9.17) is 5.73 Å². The molecule has 0 aliphatic carbocycles. The number of pyridine rings is 1. The summed E-state index contributed by atoms with van der Waals surface area (Å²) in [5, 5.41) is 5.26. The van der Waals surface area contributed by atoms with E-state index in [0.717, 1.165) is 36.1 Å². The van der Waals surface area contributed by atoms with Gasteiger partial charge in [0.15, 0.2) is 5.65 Å². The number of hydrogen-bond donors (Lipinski definition) is 1. The van der Waals surface area contributed by atoms with Crippen molar-refractivity contribution in [3.05, 3.63) is 23.5 Å². The van der Waals surface area contributed by atoms with E-state index < -0.39 is 0 Å². The van der Waals surface area contributed by atoms with Gasteiger partial charge in [-0.1, -0.05) is 6.92 Å². The number of aryl methyl sites for hydroxylation is 1. The fourth-order valence-corrected chi connectivity index (χ4v) is 3.71. The molecule has 1 amide bonds. The molecule has 3 heterocycles. The first-order valence-electron chi connectivity index (χ1n) is 8.80. The van der Waals surface area contributed by atoms with Gasteiger partial charge in [0.2, 0.25) is 0 Å². The molecule has 2 aromatic heterocycles. The molecule has 24 heavy (non-hydrogen) atoms. The number of nitrogens with two attached hydrogens (primary N) is 1. The van der Waals surface area contributed by atoms with Crippen LogP contribution in [-0.4, -0.2) is 44.7 Å². The van der Waals surface area contributed by atoms with E-state index in [9.17, 15) is 4.79 Å². The number of rotatable bonds is 3. The van der Waals surface area contributed by atoms with Crippen LogP contribution in [0.4, 0.5) is 0 Å². The molecular weight excluding hydrogens is 302 g/mol. The second-order valence-electron chi connectivity index (χ2n) is 7.15. The summed E-state index contributed by atoms with van der Waals surface area (Å²) in [5.74, 6) is 0.486. The topological polar surface area (TPSA) is 77.0 Å². The number of amides is 1. The number of fused-ring (bicyclic) bond motifs is 1. The Morgan fingerprint density at radius 1 is 1.46 bits per heavy atom. The second kappa shape index (κ2) is 6.51. The van der Waals surface area contributed by atoms with Crippen LogP contribution in [0.25, 0.3) is 11.0 Å². The average Bonchev–Trinajstić information content (AvgIpc) is 2.97. The van der Waals surface area contributed by atoms with Crippen LogP contribution in [0, 0.1) is 12.8 Å². The SMILES string of the molecule is Cc1cc(C(=O)N2CCCC(C)C2CN)c2cnn(C(C)C)c2n1. The van der Waals surface area contributed by atoms with Crippen LogP contribution in [0.3, 0.4) is 0 Å². The summed E-state index contributed by atoms with van der Waals surface area (Å²) in [5.41, 5.74) is 8.27. The van der Waals surface area contributed by atoms with Gasteiger partial charge in [-0.25, -0.2) is 9.67 Å². The zero-order chi connectivity index (χ0) is 17.4. The number of carbonyl (C=O) groups is 1. The molecule has 1 fully saturated rings. The molecule has 6 heteroatoms. The summed E-state index contributed by atoms with van der Waals surface area (Å²) < 4.78 is 1.87. The zero-order valence-corrected chi connectivity index (χ0v) is 15.0. The molecule has 2 unspecified atom stereocenters. The minimum atomic E-state index is 0.0517. The van der Waals surface area contributed by atoms with Gasteiger partial charge in [-0.3, -0.25) is 4.79 Å². The molecule has 0 aromatic carbocycles. The second-order valence-corrected chi connectivity index (χ2v) is 7.15. The molecule has 1 saturated heterocycles. The van der Waals surface area contributed by atoms with Crippen molar-refractivity contribution in [1.29, 1.82) is 0 Å². The normalized spacial score (nSPS) is 21.7. The van der Waals surface area contributed by atoms with E-state index in [1.54, 1.807) is 6.20 Å². The third-order valence-electron chi connectivity index (χ3n) is 5.03. The Hall–Kier alpha value is -1.95. The first kappa shape index (κ1) is 16.9. The van der Waals surface area contributed by atoms with E-state index in [0.29, 0.717) is 18.0 Å². The molecule has 2 N–H and O–H groups in total. The van der Waals surface area contributed by atoms with Crippen LogP contribution in [0.2, 0.25) is 0 Å². The molecule has 2 aromatic rings. The number of aromatic nitrogens is 3. The minimum Gasteiger partial charge on any atom is -0.334 e. The molecule has 130 valence electrons. The lowest BCUT2D eigenvalue weighted by Crippen LogP contribution is -2.51. The Kier molecular flexibility index (Phi) is 4.58. The summed E-state index contributed by atoms with van der Waals surface area (Å²) >= 11 is 0. The van der Waals surface area contributed by atoms with Gasteiger partial charge in [0.05, 0.1) is 17.1 Å². The van der Waals surface area contributed by atoms with Crippen molar-refractivity contribution >= 4 is 16.9 Å². The lowest BCUT2D eigenvalue weighted by Gasteiger charge is -2.39. The first-order chi connectivity index (χ1) is 11.4. The lowest BCUT2D eigenvalue weighted by atomic mass is 9.90. The molecule has 6 nitrogen and oxygen atoms in total. The summed E-state index contributed by atoms with van der Waals surface area (Å²) in [6.45, 7) is 9.51. The monoisotopic (exact) mass is 329 g/mol. The highest BCUT2D eigenvalue weighted by Gasteiger charge is 2.32. The van der Waals surface area contributed by atoms with Crippen LogP contribution < -0.4 is 5.73 Å².